The summed E-state index contributed by atoms with van der Waals surface area (Å²) < 4.78 is 16.9. The van der Waals surface area contributed by atoms with Crippen LogP contribution in [0.15, 0.2) is 23.1 Å². The highest BCUT2D eigenvalue weighted by atomic mass is 32.2. The van der Waals surface area contributed by atoms with E-state index in [-0.39, 0.29) is 0 Å². The summed E-state index contributed by atoms with van der Waals surface area (Å²) in [5.74, 6) is 0.454. The van der Waals surface area contributed by atoms with Gasteiger partial charge in [0.05, 0.1) is 28.9 Å². The average molecular weight is 224 g/mol. The number of ether oxygens (including phenoxy) is 1. The SMILES string of the molecule is COc1cc(N)ccc1S(=O)C(C)C#N. The van der Waals surface area contributed by atoms with Crippen molar-refractivity contribution in [3.05, 3.63) is 18.2 Å². The molecule has 0 fully saturated rings. The van der Waals surface area contributed by atoms with Crippen LogP contribution in [0.2, 0.25) is 0 Å². The molecule has 0 amide bonds. The van der Waals surface area contributed by atoms with Gasteiger partial charge in [0.2, 0.25) is 0 Å². The molecule has 80 valence electrons. The molecule has 15 heavy (non-hydrogen) atoms. The van der Waals surface area contributed by atoms with Gasteiger partial charge in [-0.15, -0.1) is 0 Å². The minimum atomic E-state index is -1.39. The lowest BCUT2D eigenvalue weighted by Crippen LogP contribution is -2.09. The number of benzene rings is 1. The fourth-order valence-corrected chi connectivity index (χ4v) is 2.11. The number of nitrogens with zero attached hydrogens (tertiary/aromatic N) is 1. The molecule has 0 aliphatic rings. The van der Waals surface area contributed by atoms with Gasteiger partial charge < -0.3 is 10.5 Å². The molecule has 0 aliphatic carbocycles. The quantitative estimate of drug-likeness (QED) is 0.785. The van der Waals surface area contributed by atoms with Crippen LogP contribution in [0.3, 0.4) is 0 Å². The molecule has 0 saturated carbocycles. The Morgan fingerprint density at radius 2 is 2.27 bits per heavy atom. The maximum atomic E-state index is 11.8. The number of methoxy groups -OCH3 is 1. The predicted molar refractivity (Wildman–Crippen MR) is 58.9 cm³/mol. The lowest BCUT2D eigenvalue weighted by molar-refractivity contribution is 0.404. The van der Waals surface area contributed by atoms with Crippen molar-refractivity contribution in [1.29, 1.82) is 5.26 Å². The molecule has 0 aromatic heterocycles. The van der Waals surface area contributed by atoms with Crippen LogP contribution in [0.5, 0.6) is 5.75 Å². The van der Waals surface area contributed by atoms with E-state index in [1.54, 1.807) is 25.1 Å². The van der Waals surface area contributed by atoms with Crippen molar-refractivity contribution in [2.75, 3.05) is 12.8 Å². The molecule has 1 aromatic rings. The number of nitrogen functional groups attached to an aromatic ring is 1. The Labute approximate surface area is 91.1 Å². The van der Waals surface area contributed by atoms with E-state index in [0.29, 0.717) is 16.3 Å². The van der Waals surface area contributed by atoms with Crippen LogP contribution < -0.4 is 10.5 Å². The number of hydrogen-bond acceptors (Lipinski definition) is 4. The number of nitriles is 1. The zero-order valence-electron chi connectivity index (χ0n) is 8.56. The Balaban J connectivity index is 3.15. The van der Waals surface area contributed by atoms with Crippen molar-refractivity contribution in [2.45, 2.75) is 17.1 Å². The first kappa shape index (κ1) is 11.5. The van der Waals surface area contributed by atoms with Crippen LogP contribution in [-0.2, 0) is 10.8 Å². The fourth-order valence-electron chi connectivity index (χ4n) is 1.09. The van der Waals surface area contributed by atoms with E-state index in [9.17, 15) is 4.21 Å². The first-order chi connectivity index (χ1) is 7.10. The van der Waals surface area contributed by atoms with Gasteiger partial charge in [-0.1, -0.05) is 0 Å². The van der Waals surface area contributed by atoms with Crippen molar-refractivity contribution in [1.82, 2.24) is 0 Å². The van der Waals surface area contributed by atoms with E-state index in [0.717, 1.165) is 0 Å². The summed E-state index contributed by atoms with van der Waals surface area (Å²) in [5, 5.41) is 8.11. The zero-order valence-corrected chi connectivity index (χ0v) is 9.38. The number of rotatable bonds is 3. The molecular weight excluding hydrogens is 212 g/mol. The summed E-state index contributed by atoms with van der Waals surface area (Å²) in [6.45, 7) is 1.60. The maximum absolute atomic E-state index is 11.8. The Bertz CT molecular complexity index is 426. The smallest absolute Gasteiger partial charge is 0.137 e. The third kappa shape index (κ3) is 2.48. The van der Waals surface area contributed by atoms with Crippen molar-refractivity contribution in [3.63, 3.8) is 0 Å². The van der Waals surface area contributed by atoms with Gasteiger partial charge in [0.15, 0.2) is 0 Å². The monoisotopic (exact) mass is 224 g/mol. The van der Waals surface area contributed by atoms with Gasteiger partial charge in [-0.3, -0.25) is 4.21 Å². The van der Waals surface area contributed by atoms with Gasteiger partial charge in [-0.25, -0.2) is 0 Å². The number of nitrogens with two attached hydrogens (primary N) is 1. The minimum Gasteiger partial charge on any atom is -0.495 e. The van der Waals surface area contributed by atoms with Crippen molar-refractivity contribution < 1.29 is 8.95 Å². The van der Waals surface area contributed by atoms with E-state index in [1.807, 2.05) is 6.07 Å². The second-order valence-corrected chi connectivity index (χ2v) is 4.72. The van der Waals surface area contributed by atoms with Gasteiger partial charge in [0.1, 0.15) is 11.0 Å². The molecule has 2 N–H and O–H groups in total. The second-order valence-electron chi connectivity index (χ2n) is 2.98. The number of hydrogen-bond donors (Lipinski definition) is 1. The summed E-state index contributed by atoms with van der Waals surface area (Å²) in [7, 11) is 0.0891. The Kier molecular flexibility index (Phi) is 3.69. The van der Waals surface area contributed by atoms with Gasteiger partial charge in [-0.2, -0.15) is 5.26 Å². The maximum Gasteiger partial charge on any atom is 0.137 e. The van der Waals surface area contributed by atoms with Crippen LogP contribution >= 0.6 is 0 Å². The van der Waals surface area contributed by atoms with E-state index < -0.39 is 16.0 Å². The number of anilines is 1. The summed E-state index contributed by atoms with van der Waals surface area (Å²) in [6, 6.07) is 6.80. The summed E-state index contributed by atoms with van der Waals surface area (Å²) in [6.07, 6.45) is 0. The summed E-state index contributed by atoms with van der Waals surface area (Å²) >= 11 is 0. The fraction of sp³-hybridized carbons (Fsp3) is 0.300. The molecule has 0 radical (unpaired) electrons. The molecule has 5 heteroatoms. The van der Waals surface area contributed by atoms with Crippen molar-refractivity contribution in [3.8, 4) is 11.8 Å². The highest BCUT2D eigenvalue weighted by molar-refractivity contribution is 7.86. The van der Waals surface area contributed by atoms with Crippen LogP contribution in [0, 0.1) is 11.3 Å². The molecule has 1 aromatic carbocycles. The first-order valence-corrected chi connectivity index (χ1v) is 5.55. The van der Waals surface area contributed by atoms with E-state index >= 15 is 0 Å². The Morgan fingerprint density at radius 3 is 2.80 bits per heavy atom. The summed E-state index contributed by atoms with van der Waals surface area (Å²) in [5.41, 5.74) is 6.11. The third-order valence-corrected chi connectivity index (χ3v) is 3.43. The van der Waals surface area contributed by atoms with Crippen LogP contribution in [0.1, 0.15) is 6.92 Å². The van der Waals surface area contributed by atoms with Gasteiger partial charge in [-0.05, 0) is 19.1 Å². The first-order valence-electron chi connectivity index (χ1n) is 4.34. The molecule has 0 heterocycles. The second kappa shape index (κ2) is 4.80. The Hall–Kier alpha value is -1.54. The highest BCUT2D eigenvalue weighted by Gasteiger charge is 2.16. The van der Waals surface area contributed by atoms with Crippen LogP contribution in [0.4, 0.5) is 5.69 Å². The predicted octanol–water partition coefficient (Wildman–Crippen LogP) is 1.30. The van der Waals surface area contributed by atoms with E-state index in [4.69, 9.17) is 15.7 Å². The topological polar surface area (TPSA) is 76.1 Å². The van der Waals surface area contributed by atoms with Crippen LogP contribution in [0.25, 0.3) is 0 Å². The molecular formula is C10H12N2O2S. The lowest BCUT2D eigenvalue weighted by atomic mass is 10.3. The van der Waals surface area contributed by atoms with E-state index in [2.05, 4.69) is 0 Å². The standard InChI is InChI=1S/C10H12N2O2S/c1-7(6-11)15(13)10-4-3-8(12)5-9(10)14-2/h3-5,7H,12H2,1-2H3. The van der Waals surface area contributed by atoms with Crippen molar-refractivity contribution in [2.24, 2.45) is 0 Å². The molecule has 2 atom stereocenters. The molecule has 0 saturated heterocycles. The molecule has 1 rings (SSSR count). The molecule has 0 bridgehead atoms. The third-order valence-electron chi connectivity index (χ3n) is 1.91. The highest BCUT2D eigenvalue weighted by Crippen LogP contribution is 2.26. The molecule has 4 nitrogen and oxygen atoms in total. The Morgan fingerprint density at radius 1 is 1.60 bits per heavy atom. The summed E-state index contributed by atoms with van der Waals surface area (Å²) in [4.78, 5) is 0.501. The normalized spacial score (nSPS) is 13.9. The average Bonchev–Trinajstić information content (AvgIpc) is 2.26. The largest absolute Gasteiger partial charge is 0.495 e. The molecule has 0 spiro atoms. The lowest BCUT2D eigenvalue weighted by Gasteiger charge is -2.09. The van der Waals surface area contributed by atoms with Crippen LogP contribution in [-0.4, -0.2) is 16.6 Å². The van der Waals surface area contributed by atoms with Gasteiger partial charge >= 0.3 is 0 Å². The molecule has 0 aliphatic heterocycles. The van der Waals surface area contributed by atoms with Gasteiger partial charge in [0, 0.05) is 11.8 Å². The van der Waals surface area contributed by atoms with Gasteiger partial charge in [0.25, 0.3) is 0 Å². The zero-order chi connectivity index (χ0) is 11.4. The van der Waals surface area contributed by atoms with Crippen molar-refractivity contribution >= 4 is 16.5 Å². The molecule has 2 unspecified atom stereocenters. The van der Waals surface area contributed by atoms with E-state index in [1.165, 1.54) is 7.11 Å². The minimum absolute atomic E-state index is 0.454.